The summed E-state index contributed by atoms with van der Waals surface area (Å²) in [5.41, 5.74) is 1.14. The second kappa shape index (κ2) is 7.91. The number of para-hydroxylation sites is 1. The fraction of sp³-hybridized carbons (Fsp3) is 0.625. The maximum absolute atomic E-state index is 6.13. The van der Waals surface area contributed by atoms with Crippen LogP contribution in [0.3, 0.4) is 0 Å². The lowest BCUT2D eigenvalue weighted by atomic mass is 9.90. The van der Waals surface area contributed by atoms with Crippen LogP contribution in [0.25, 0.3) is 0 Å². The van der Waals surface area contributed by atoms with Crippen molar-refractivity contribution in [2.75, 3.05) is 19.0 Å². The summed E-state index contributed by atoms with van der Waals surface area (Å²) in [4.78, 5) is 0. The molecule has 0 aromatic heterocycles. The Hall–Kier alpha value is -0.540. The van der Waals surface area contributed by atoms with E-state index in [1.54, 1.807) is 7.11 Å². The molecule has 1 aromatic rings. The molecule has 0 saturated heterocycles. The third-order valence-corrected chi connectivity index (χ3v) is 4.47. The molecule has 2 nitrogen and oxygen atoms in total. The molecule has 1 aliphatic rings. The minimum absolute atomic E-state index is 0.0816. The van der Waals surface area contributed by atoms with Crippen molar-refractivity contribution in [2.45, 2.75) is 38.2 Å². The molecule has 0 aliphatic heterocycles. The van der Waals surface area contributed by atoms with E-state index in [1.807, 2.05) is 18.2 Å². The van der Waals surface area contributed by atoms with Crippen LogP contribution in [0, 0.1) is 5.92 Å². The highest BCUT2D eigenvalue weighted by atomic mass is 79.9. The van der Waals surface area contributed by atoms with Gasteiger partial charge in [0.25, 0.3) is 0 Å². The van der Waals surface area contributed by atoms with E-state index in [-0.39, 0.29) is 6.10 Å². The van der Waals surface area contributed by atoms with Crippen LogP contribution in [0.2, 0.25) is 0 Å². The SMILES string of the molecule is COc1ccccc1C(CBr)OCC1CCCCC1. The average Bonchev–Trinajstić information content (AvgIpc) is 2.49. The second-order valence-corrected chi connectivity index (χ2v) is 5.87. The monoisotopic (exact) mass is 326 g/mol. The number of methoxy groups -OCH3 is 1. The molecule has 0 spiro atoms. The van der Waals surface area contributed by atoms with Crippen LogP contribution in [0.1, 0.15) is 43.8 Å². The Kier molecular flexibility index (Phi) is 6.18. The molecule has 0 bridgehead atoms. The zero-order valence-corrected chi connectivity index (χ0v) is 13.2. The smallest absolute Gasteiger partial charge is 0.124 e. The first-order valence-electron chi connectivity index (χ1n) is 7.15. The van der Waals surface area contributed by atoms with Gasteiger partial charge in [-0.1, -0.05) is 53.4 Å². The number of halogens is 1. The van der Waals surface area contributed by atoms with Crippen molar-refractivity contribution in [1.82, 2.24) is 0 Å². The molecular weight excluding hydrogens is 304 g/mol. The van der Waals surface area contributed by atoms with Gasteiger partial charge in [0, 0.05) is 10.9 Å². The van der Waals surface area contributed by atoms with E-state index in [4.69, 9.17) is 9.47 Å². The van der Waals surface area contributed by atoms with Gasteiger partial charge in [0.1, 0.15) is 5.75 Å². The summed E-state index contributed by atoms with van der Waals surface area (Å²) < 4.78 is 11.6. The summed E-state index contributed by atoms with van der Waals surface area (Å²) in [5.74, 6) is 1.65. The van der Waals surface area contributed by atoms with Gasteiger partial charge in [-0.25, -0.2) is 0 Å². The third kappa shape index (κ3) is 4.22. The Balaban J connectivity index is 1.95. The van der Waals surface area contributed by atoms with E-state index in [9.17, 15) is 0 Å². The van der Waals surface area contributed by atoms with Gasteiger partial charge in [0.15, 0.2) is 0 Å². The minimum atomic E-state index is 0.0816. The third-order valence-electron chi connectivity index (χ3n) is 3.88. The first-order valence-corrected chi connectivity index (χ1v) is 8.27. The summed E-state index contributed by atoms with van der Waals surface area (Å²) in [5, 5.41) is 0.806. The van der Waals surface area contributed by atoms with E-state index in [1.165, 1.54) is 32.1 Å². The predicted octanol–water partition coefficient (Wildman–Crippen LogP) is 4.73. The molecule has 0 N–H and O–H groups in total. The fourth-order valence-corrected chi connectivity index (χ4v) is 3.29. The zero-order chi connectivity index (χ0) is 13.5. The van der Waals surface area contributed by atoms with Crippen molar-refractivity contribution < 1.29 is 9.47 Å². The van der Waals surface area contributed by atoms with Crippen LogP contribution < -0.4 is 4.74 Å². The van der Waals surface area contributed by atoms with Crippen LogP contribution in [-0.4, -0.2) is 19.0 Å². The minimum Gasteiger partial charge on any atom is -0.496 e. The standard InChI is InChI=1S/C16H23BrO2/c1-18-15-10-6-5-9-14(15)16(11-17)19-12-13-7-3-2-4-8-13/h5-6,9-10,13,16H,2-4,7-8,11-12H2,1H3. The molecule has 1 aromatic carbocycles. The van der Waals surface area contributed by atoms with Crippen molar-refractivity contribution in [2.24, 2.45) is 5.92 Å². The molecule has 2 rings (SSSR count). The number of benzene rings is 1. The van der Waals surface area contributed by atoms with Crippen LogP contribution in [0.4, 0.5) is 0 Å². The molecule has 1 atom stereocenters. The van der Waals surface area contributed by atoms with E-state index < -0.39 is 0 Å². The van der Waals surface area contributed by atoms with E-state index in [0.717, 1.165) is 29.2 Å². The van der Waals surface area contributed by atoms with Crippen LogP contribution >= 0.6 is 15.9 Å². The highest BCUT2D eigenvalue weighted by Crippen LogP contribution is 2.31. The van der Waals surface area contributed by atoms with Crippen LogP contribution in [0.15, 0.2) is 24.3 Å². The summed E-state index contributed by atoms with van der Waals surface area (Å²) in [7, 11) is 1.71. The van der Waals surface area contributed by atoms with Crippen LogP contribution in [-0.2, 0) is 4.74 Å². The number of ether oxygens (including phenoxy) is 2. The number of rotatable bonds is 6. The highest BCUT2D eigenvalue weighted by molar-refractivity contribution is 9.09. The van der Waals surface area contributed by atoms with Gasteiger partial charge in [0.2, 0.25) is 0 Å². The molecule has 1 saturated carbocycles. The fourth-order valence-electron chi connectivity index (χ4n) is 2.76. The molecule has 1 fully saturated rings. The van der Waals surface area contributed by atoms with Crippen molar-refractivity contribution >= 4 is 15.9 Å². The van der Waals surface area contributed by atoms with Crippen molar-refractivity contribution in [1.29, 1.82) is 0 Å². The van der Waals surface area contributed by atoms with Gasteiger partial charge < -0.3 is 9.47 Å². The van der Waals surface area contributed by atoms with E-state index in [2.05, 4.69) is 22.0 Å². The molecule has 19 heavy (non-hydrogen) atoms. The topological polar surface area (TPSA) is 18.5 Å². The second-order valence-electron chi connectivity index (χ2n) is 5.22. The van der Waals surface area contributed by atoms with Crippen LogP contribution in [0.5, 0.6) is 5.75 Å². The maximum atomic E-state index is 6.13. The maximum Gasteiger partial charge on any atom is 0.124 e. The average molecular weight is 327 g/mol. The van der Waals surface area contributed by atoms with E-state index in [0.29, 0.717) is 0 Å². The molecule has 106 valence electrons. The molecule has 0 heterocycles. The molecule has 1 unspecified atom stereocenters. The van der Waals surface area contributed by atoms with Gasteiger partial charge in [-0.15, -0.1) is 0 Å². The molecule has 3 heteroatoms. The zero-order valence-electron chi connectivity index (χ0n) is 11.6. The number of hydrogen-bond acceptors (Lipinski definition) is 2. The Morgan fingerprint density at radius 3 is 2.63 bits per heavy atom. The Morgan fingerprint density at radius 2 is 1.95 bits per heavy atom. The summed E-state index contributed by atoms with van der Waals surface area (Å²) in [6.07, 6.45) is 6.84. The lowest BCUT2D eigenvalue weighted by Gasteiger charge is -2.25. The first kappa shape index (κ1) is 14.9. The summed E-state index contributed by atoms with van der Waals surface area (Å²) >= 11 is 3.56. The molecular formula is C16H23BrO2. The largest absolute Gasteiger partial charge is 0.496 e. The Labute approximate surface area is 124 Å². The number of hydrogen-bond donors (Lipinski definition) is 0. The lowest BCUT2D eigenvalue weighted by molar-refractivity contribution is 0.0323. The van der Waals surface area contributed by atoms with Crippen molar-refractivity contribution in [3.63, 3.8) is 0 Å². The lowest BCUT2D eigenvalue weighted by Crippen LogP contribution is -2.17. The first-order chi connectivity index (χ1) is 9.35. The molecule has 0 radical (unpaired) electrons. The summed E-state index contributed by atoms with van der Waals surface area (Å²) in [6.45, 7) is 0.869. The molecule has 0 amide bonds. The van der Waals surface area contributed by atoms with Gasteiger partial charge in [-0.05, 0) is 24.8 Å². The quantitative estimate of drug-likeness (QED) is 0.703. The van der Waals surface area contributed by atoms with Crippen molar-refractivity contribution in [3.8, 4) is 5.75 Å². The van der Waals surface area contributed by atoms with Gasteiger partial charge in [0.05, 0.1) is 19.8 Å². The predicted molar refractivity (Wildman–Crippen MR) is 82.1 cm³/mol. The molecule has 1 aliphatic carbocycles. The number of alkyl halides is 1. The highest BCUT2D eigenvalue weighted by Gasteiger charge is 2.19. The Morgan fingerprint density at radius 1 is 1.21 bits per heavy atom. The summed E-state index contributed by atoms with van der Waals surface area (Å²) in [6, 6.07) is 8.12. The van der Waals surface area contributed by atoms with E-state index >= 15 is 0 Å². The Bertz CT molecular complexity index is 375. The van der Waals surface area contributed by atoms with Gasteiger partial charge in [-0.3, -0.25) is 0 Å². The normalized spacial score (nSPS) is 18.2. The van der Waals surface area contributed by atoms with Crippen molar-refractivity contribution in [3.05, 3.63) is 29.8 Å². The van der Waals surface area contributed by atoms with Gasteiger partial charge >= 0.3 is 0 Å². The van der Waals surface area contributed by atoms with Gasteiger partial charge in [-0.2, -0.15) is 0 Å².